The van der Waals surface area contributed by atoms with E-state index < -0.39 is 18.1 Å². The molecule has 0 saturated carbocycles. The van der Waals surface area contributed by atoms with Gasteiger partial charge in [-0.3, -0.25) is 9.59 Å². The number of aliphatic hydroxyl groups excluding tert-OH is 2. The number of nitrogens with one attached hydrogen (secondary N) is 2. The molecule has 256 valence electrons. The van der Waals surface area contributed by atoms with E-state index in [-0.39, 0.29) is 49.2 Å². The Hall–Kier alpha value is -4.51. The van der Waals surface area contributed by atoms with Crippen LogP contribution < -0.4 is 16.4 Å². The van der Waals surface area contributed by atoms with E-state index in [0.29, 0.717) is 18.5 Å². The summed E-state index contributed by atoms with van der Waals surface area (Å²) in [6.45, 7) is 13.6. The van der Waals surface area contributed by atoms with Crippen LogP contribution in [0.3, 0.4) is 0 Å². The molecule has 0 saturated heterocycles. The van der Waals surface area contributed by atoms with Crippen molar-refractivity contribution in [2.45, 2.75) is 106 Å². The largest absolute Gasteiger partial charge is 0.399 e. The Labute approximate surface area is 272 Å². The van der Waals surface area contributed by atoms with Gasteiger partial charge in [-0.15, -0.1) is 0 Å². The molecule has 2 atom stereocenters. The van der Waals surface area contributed by atoms with Gasteiger partial charge in [0.2, 0.25) is 6.08 Å². The zero-order valence-corrected chi connectivity index (χ0v) is 28.4. The second-order valence-corrected chi connectivity index (χ2v) is 9.34. The molecule has 2 amide bonds. The molecule has 0 fully saturated rings. The van der Waals surface area contributed by atoms with Gasteiger partial charge in [0.25, 0.3) is 0 Å². The number of ketones is 4. The molecule has 46 heavy (non-hydrogen) atoms. The Morgan fingerprint density at radius 1 is 0.739 bits per heavy atom. The Morgan fingerprint density at radius 2 is 1.17 bits per heavy atom. The summed E-state index contributed by atoms with van der Waals surface area (Å²) >= 11 is 0. The van der Waals surface area contributed by atoms with Crippen molar-refractivity contribution in [3.8, 4) is 0 Å². The standard InChI is InChI=1S/C15H20N2O4.C8H11NO3.C7H9NO.2C2H6/c1-10(19)3-8-14(11(2)20)17-15(21)16-13-6-4-12(9-18)5-7-13;1-6(11)3-4-8(7(2)12)9-5-10;8-7-3-1-6(5-9)2-4-7;2*1-2/h4-7,14,18H,3,8-9H2,1-2H3,(H2,16,17,21);8H,3-4H2,1-2H3;1-4,9H,5,8H2;2*1-2H3. The van der Waals surface area contributed by atoms with Crippen LogP contribution >= 0.6 is 0 Å². The van der Waals surface area contributed by atoms with Crippen molar-refractivity contribution in [2.75, 3.05) is 11.1 Å². The van der Waals surface area contributed by atoms with Crippen LogP contribution in [0.2, 0.25) is 0 Å². The van der Waals surface area contributed by atoms with E-state index in [0.717, 1.165) is 16.8 Å². The first-order chi connectivity index (χ1) is 21.8. The van der Waals surface area contributed by atoms with E-state index in [1.807, 2.05) is 27.7 Å². The van der Waals surface area contributed by atoms with Crippen LogP contribution in [0.1, 0.15) is 92.2 Å². The van der Waals surface area contributed by atoms with Gasteiger partial charge >= 0.3 is 6.03 Å². The number of hydrogen-bond acceptors (Lipinski definition) is 10. The maximum atomic E-state index is 11.8. The first-order valence-electron chi connectivity index (χ1n) is 15.1. The Balaban J connectivity index is -0.000000624. The quantitative estimate of drug-likeness (QED) is 0.112. The van der Waals surface area contributed by atoms with Gasteiger partial charge in [-0.05, 0) is 75.9 Å². The molecule has 0 aliphatic heterocycles. The number of rotatable bonds is 13. The van der Waals surface area contributed by atoms with Gasteiger partial charge in [0, 0.05) is 24.2 Å². The Bertz CT molecular complexity index is 1210. The average Bonchev–Trinajstić information content (AvgIpc) is 3.04. The molecular weight excluding hydrogens is 592 g/mol. The molecule has 12 heteroatoms. The molecule has 0 aliphatic rings. The zero-order chi connectivity index (χ0) is 36.1. The van der Waals surface area contributed by atoms with Gasteiger partial charge < -0.3 is 36.2 Å². The maximum Gasteiger partial charge on any atom is 0.319 e. The van der Waals surface area contributed by atoms with Crippen LogP contribution in [-0.4, -0.2) is 57.5 Å². The van der Waals surface area contributed by atoms with Crippen LogP contribution in [-0.2, 0) is 37.2 Å². The number of hydrogen-bond donors (Lipinski definition) is 5. The minimum absolute atomic E-state index is 0.0117. The first-order valence-corrected chi connectivity index (χ1v) is 15.1. The number of nitrogens with zero attached hydrogens (tertiary/aromatic N) is 1. The van der Waals surface area contributed by atoms with Crippen molar-refractivity contribution < 1.29 is 39.0 Å². The molecule has 2 rings (SSSR count). The third kappa shape index (κ3) is 24.9. The summed E-state index contributed by atoms with van der Waals surface area (Å²) in [4.78, 5) is 68.6. The predicted molar refractivity (Wildman–Crippen MR) is 181 cm³/mol. The molecule has 0 bridgehead atoms. The predicted octanol–water partition coefficient (Wildman–Crippen LogP) is 5.09. The molecule has 0 aliphatic carbocycles. The normalized spacial score (nSPS) is 10.4. The third-order valence-electron chi connectivity index (χ3n) is 5.59. The molecule has 6 N–H and O–H groups in total. The van der Waals surface area contributed by atoms with Crippen LogP contribution in [0.25, 0.3) is 0 Å². The number of urea groups is 1. The monoisotopic (exact) mass is 644 g/mol. The summed E-state index contributed by atoms with van der Waals surface area (Å²) < 4.78 is 0. The van der Waals surface area contributed by atoms with Crippen LogP contribution in [0, 0.1) is 0 Å². The van der Waals surface area contributed by atoms with Crippen molar-refractivity contribution in [1.29, 1.82) is 0 Å². The molecule has 0 spiro atoms. The number of anilines is 2. The van der Waals surface area contributed by atoms with Gasteiger partial charge in [0.1, 0.15) is 17.6 Å². The molecule has 0 radical (unpaired) electrons. The van der Waals surface area contributed by atoms with E-state index >= 15 is 0 Å². The Morgan fingerprint density at radius 3 is 1.54 bits per heavy atom. The number of carbonyl (C=O) groups excluding carboxylic acids is 6. The van der Waals surface area contributed by atoms with E-state index in [1.54, 1.807) is 48.5 Å². The van der Waals surface area contributed by atoms with E-state index in [9.17, 15) is 28.8 Å². The highest BCUT2D eigenvalue weighted by Gasteiger charge is 2.17. The number of amides is 2. The smallest absolute Gasteiger partial charge is 0.319 e. The SMILES string of the molecule is CC.CC.CC(=O)CCC(N=C=O)C(C)=O.CC(=O)CCC(NC(=O)Nc1ccc(CO)cc1)C(C)=O.Nc1ccc(CO)cc1. The second kappa shape index (κ2) is 29.2. The van der Waals surface area contributed by atoms with Gasteiger partial charge in [-0.1, -0.05) is 52.0 Å². The lowest BCUT2D eigenvalue weighted by Crippen LogP contribution is -2.42. The second-order valence-electron chi connectivity index (χ2n) is 9.34. The topological polar surface area (TPSA) is 205 Å². The highest BCUT2D eigenvalue weighted by Crippen LogP contribution is 2.10. The number of aliphatic hydroxyl groups is 2. The number of nitrogen functional groups attached to an aromatic ring is 1. The summed E-state index contributed by atoms with van der Waals surface area (Å²) in [5.41, 5.74) is 8.32. The molecular formula is C34H52N4O8. The molecule has 0 aromatic heterocycles. The van der Waals surface area contributed by atoms with E-state index in [1.165, 1.54) is 33.8 Å². The number of benzene rings is 2. The highest BCUT2D eigenvalue weighted by atomic mass is 16.3. The average molecular weight is 645 g/mol. The van der Waals surface area contributed by atoms with Crippen molar-refractivity contribution >= 4 is 46.6 Å². The molecule has 12 nitrogen and oxygen atoms in total. The summed E-state index contributed by atoms with van der Waals surface area (Å²) in [6, 6.07) is 12.0. The van der Waals surface area contributed by atoms with Gasteiger partial charge in [0.05, 0.1) is 19.3 Å². The van der Waals surface area contributed by atoms with Crippen LogP contribution in [0.4, 0.5) is 16.2 Å². The lowest BCUT2D eigenvalue weighted by molar-refractivity contribution is -0.121. The van der Waals surface area contributed by atoms with E-state index in [4.69, 9.17) is 15.9 Å². The fraction of sp³-hybridized carbons (Fsp3) is 0.471. The van der Waals surface area contributed by atoms with Crippen molar-refractivity contribution in [2.24, 2.45) is 4.99 Å². The van der Waals surface area contributed by atoms with Crippen LogP contribution in [0.15, 0.2) is 53.5 Å². The van der Waals surface area contributed by atoms with Gasteiger partial charge in [-0.2, -0.15) is 4.99 Å². The maximum absolute atomic E-state index is 11.8. The number of aliphatic imine (C=N–C) groups is 1. The third-order valence-corrected chi connectivity index (χ3v) is 5.59. The van der Waals surface area contributed by atoms with Crippen molar-refractivity contribution in [1.82, 2.24) is 5.32 Å². The number of carbonyl (C=O) groups is 5. The molecule has 2 unspecified atom stereocenters. The Kier molecular flexibility index (Phi) is 29.2. The number of nitrogens with two attached hydrogens (primary N) is 1. The van der Waals surface area contributed by atoms with Crippen molar-refractivity contribution in [3.63, 3.8) is 0 Å². The number of isocyanates is 1. The van der Waals surface area contributed by atoms with Crippen LogP contribution in [0.5, 0.6) is 0 Å². The highest BCUT2D eigenvalue weighted by molar-refractivity contribution is 5.94. The zero-order valence-electron chi connectivity index (χ0n) is 28.4. The first kappa shape index (κ1) is 45.9. The summed E-state index contributed by atoms with van der Waals surface area (Å²) in [6.07, 6.45) is 2.43. The number of Topliss-reactive ketones (excluding diaryl/α,β-unsaturated/α-hetero) is 4. The van der Waals surface area contributed by atoms with Gasteiger partial charge in [0.15, 0.2) is 11.6 Å². The lowest BCUT2D eigenvalue weighted by Gasteiger charge is -2.16. The molecule has 2 aromatic rings. The fourth-order valence-electron chi connectivity index (χ4n) is 3.13. The van der Waals surface area contributed by atoms with Crippen molar-refractivity contribution in [3.05, 3.63) is 59.7 Å². The minimum atomic E-state index is -0.689. The molecule has 0 heterocycles. The summed E-state index contributed by atoms with van der Waals surface area (Å²) in [7, 11) is 0. The van der Waals surface area contributed by atoms with E-state index in [2.05, 4.69) is 15.6 Å². The lowest BCUT2D eigenvalue weighted by atomic mass is 10.1. The molecule has 2 aromatic carbocycles. The summed E-state index contributed by atoms with van der Waals surface area (Å²) in [5.74, 6) is -0.438. The van der Waals surface area contributed by atoms with Gasteiger partial charge in [-0.25, -0.2) is 9.59 Å². The fourth-order valence-corrected chi connectivity index (χ4v) is 3.13. The minimum Gasteiger partial charge on any atom is -0.399 e. The summed E-state index contributed by atoms with van der Waals surface area (Å²) in [5, 5.41) is 22.7.